The molecule has 7 nitrogen and oxygen atoms in total. The number of likely N-dealkylation sites (tertiary alicyclic amines) is 1. The first-order valence-electron chi connectivity index (χ1n) is 10.3. The monoisotopic (exact) mass is 497 g/mol. The second-order valence-electron chi connectivity index (χ2n) is 7.58. The van der Waals surface area contributed by atoms with Crippen LogP contribution in [0.3, 0.4) is 0 Å². The van der Waals surface area contributed by atoms with Crippen LogP contribution in [0.25, 0.3) is 0 Å². The number of pyridine rings is 1. The summed E-state index contributed by atoms with van der Waals surface area (Å²) in [5.41, 5.74) is 1.81. The molecule has 0 radical (unpaired) electrons. The number of anilines is 2. The van der Waals surface area contributed by atoms with E-state index in [1.807, 2.05) is 6.07 Å². The van der Waals surface area contributed by atoms with Gasteiger partial charge in [-0.2, -0.15) is 8.42 Å². The zero-order chi connectivity index (χ0) is 23.4. The van der Waals surface area contributed by atoms with Gasteiger partial charge in [-0.05, 0) is 49.7 Å². The molecule has 0 saturated carbocycles. The van der Waals surface area contributed by atoms with Crippen LogP contribution in [0, 0.1) is 5.82 Å². The number of nitrogens with zero attached hydrogens (tertiary/aromatic N) is 3. The smallest absolute Gasteiger partial charge is 0.282 e. The molecule has 4 rings (SSSR count). The molecule has 1 aromatic carbocycles. The van der Waals surface area contributed by atoms with E-state index in [2.05, 4.69) is 24.9 Å². The molecule has 2 aromatic heterocycles. The van der Waals surface area contributed by atoms with Gasteiger partial charge in [0, 0.05) is 24.0 Å². The molecule has 0 bridgehead atoms. The van der Waals surface area contributed by atoms with E-state index >= 15 is 0 Å². The molecule has 1 saturated heterocycles. The summed E-state index contributed by atoms with van der Waals surface area (Å²) in [7, 11) is -4.19. The number of benzene rings is 1. The summed E-state index contributed by atoms with van der Waals surface area (Å²) >= 11 is 1.18. The van der Waals surface area contributed by atoms with E-state index in [4.69, 9.17) is 0 Å². The van der Waals surface area contributed by atoms with Crippen molar-refractivity contribution in [2.24, 2.45) is 0 Å². The second kappa shape index (κ2) is 10.1. The predicted molar refractivity (Wildman–Crippen MR) is 120 cm³/mol. The lowest BCUT2D eigenvalue weighted by molar-refractivity contribution is 0.146. The van der Waals surface area contributed by atoms with Crippen LogP contribution < -0.4 is 10.0 Å². The van der Waals surface area contributed by atoms with E-state index in [1.54, 1.807) is 6.07 Å². The van der Waals surface area contributed by atoms with Gasteiger partial charge in [-0.3, -0.25) is 9.62 Å². The Labute approximate surface area is 193 Å². The molecule has 1 aliphatic rings. The van der Waals surface area contributed by atoms with E-state index in [0.717, 1.165) is 37.6 Å². The number of thiazole rings is 1. The minimum Gasteiger partial charge on any atom is -0.379 e. The van der Waals surface area contributed by atoms with Crippen LogP contribution in [0.5, 0.6) is 0 Å². The molecule has 0 unspecified atom stereocenters. The lowest BCUT2D eigenvalue weighted by atomic mass is 10.1. The third-order valence-electron chi connectivity index (χ3n) is 5.32. The summed E-state index contributed by atoms with van der Waals surface area (Å²) in [5.74, 6) is -0.356. The fraction of sp³-hybridized carbons (Fsp3) is 0.333. The Hall–Kier alpha value is -2.70. The van der Waals surface area contributed by atoms with Crippen molar-refractivity contribution in [3.8, 4) is 0 Å². The first-order chi connectivity index (χ1) is 15.8. The molecule has 1 aliphatic heterocycles. The molecule has 2 N–H and O–H groups in total. The van der Waals surface area contributed by atoms with Crippen molar-refractivity contribution in [1.29, 1.82) is 0 Å². The van der Waals surface area contributed by atoms with Gasteiger partial charge in [0.15, 0.2) is 10.8 Å². The molecule has 0 amide bonds. The number of alkyl halides is 2. The first-order valence-corrected chi connectivity index (χ1v) is 12.7. The number of aromatic nitrogens is 2. The van der Waals surface area contributed by atoms with Crippen molar-refractivity contribution in [3.05, 3.63) is 63.9 Å². The average molecular weight is 498 g/mol. The van der Waals surface area contributed by atoms with Gasteiger partial charge in [0.2, 0.25) is 0 Å². The molecule has 0 aliphatic carbocycles. The highest BCUT2D eigenvalue weighted by molar-refractivity contribution is 7.92. The third kappa shape index (κ3) is 5.63. The fourth-order valence-corrected chi connectivity index (χ4v) is 5.21. The highest BCUT2D eigenvalue weighted by atomic mass is 32.2. The largest absolute Gasteiger partial charge is 0.379 e. The van der Waals surface area contributed by atoms with Crippen molar-refractivity contribution in [2.45, 2.75) is 37.4 Å². The number of sulfonamides is 1. The number of halogens is 3. The van der Waals surface area contributed by atoms with Crippen molar-refractivity contribution < 1.29 is 21.6 Å². The van der Waals surface area contributed by atoms with Crippen molar-refractivity contribution >= 4 is 32.9 Å². The van der Waals surface area contributed by atoms with Crippen LogP contribution >= 0.6 is 11.3 Å². The maximum atomic E-state index is 14.6. The maximum absolute atomic E-state index is 14.6. The molecule has 1 fully saturated rings. The topological polar surface area (TPSA) is 87.2 Å². The maximum Gasteiger partial charge on any atom is 0.282 e. The molecule has 3 heterocycles. The Balaban J connectivity index is 1.55. The summed E-state index contributed by atoms with van der Waals surface area (Å²) in [5, 5.41) is 3.72. The second-order valence-corrected chi connectivity index (χ2v) is 9.92. The Bertz CT molecular complexity index is 1200. The van der Waals surface area contributed by atoms with Crippen LogP contribution in [-0.4, -0.2) is 36.4 Å². The molecular formula is C21H22F3N5O2S2. The van der Waals surface area contributed by atoms with E-state index in [1.165, 1.54) is 34.4 Å². The van der Waals surface area contributed by atoms with Crippen LogP contribution in [0.4, 0.5) is 24.7 Å². The Kier molecular flexibility index (Phi) is 7.15. The summed E-state index contributed by atoms with van der Waals surface area (Å²) in [6, 6.07) is 7.12. The summed E-state index contributed by atoms with van der Waals surface area (Å²) in [6.45, 7) is 2.41. The number of hydrogen-bond donors (Lipinski definition) is 2. The zero-order valence-electron chi connectivity index (χ0n) is 17.5. The van der Waals surface area contributed by atoms with Gasteiger partial charge in [-0.15, -0.1) is 11.3 Å². The number of hydrogen-bond acceptors (Lipinski definition) is 7. The van der Waals surface area contributed by atoms with Crippen LogP contribution in [0.1, 0.15) is 36.1 Å². The SMILES string of the molecule is O=S(=O)(Nc1cscn1)c1ccc(NCc2c(F)cccc2CN2CCCC2)c(C(F)F)n1. The Morgan fingerprint density at radius 1 is 1.15 bits per heavy atom. The fourth-order valence-electron chi connectivity index (χ4n) is 3.69. The summed E-state index contributed by atoms with van der Waals surface area (Å²) in [6.07, 6.45) is -0.843. The van der Waals surface area contributed by atoms with E-state index in [9.17, 15) is 21.6 Å². The van der Waals surface area contributed by atoms with Gasteiger partial charge in [0.25, 0.3) is 16.4 Å². The quantitative estimate of drug-likeness (QED) is 0.449. The molecule has 33 heavy (non-hydrogen) atoms. The lowest BCUT2D eigenvalue weighted by Gasteiger charge is -2.19. The number of rotatable bonds is 9. The minimum atomic E-state index is -4.19. The van der Waals surface area contributed by atoms with E-state index < -0.39 is 33.0 Å². The first kappa shape index (κ1) is 23.5. The number of nitrogens with one attached hydrogen (secondary N) is 2. The molecule has 0 spiro atoms. The third-order valence-corrected chi connectivity index (χ3v) is 7.16. The van der Waals surface area contributed by atoms with Crippen LogP contribution in [0.15, 0.2) is 46.2 Å². The molecular weight excluding hydrogens is 475 g/mol. The predicted octanol–water partition coefficient (Wildman–Crippen LogP) is 4.62. The van der Waals surface area contributed by atoms with Gasteiger partial charge < -0.3 is 5.32 Å². The normalized spacial score (nSPS) is 14.7. The van der Waals surface area contributed by atoms with Crippen LogP contribution in [-0.2, 0) is 23.1 Å². The van der Waals surface area contributed by atoms with Gasteiger partial charge in [0.05, 0.1) is 11.2 Å². The van der Waals surface area contributed by atoms with Gasteiger partial charge >= 0.3 is 0 Å². The highest BCUT2D eigenvalue weighted by Crippen LogP contribution is 2.28. The van der Waals surface area contributed by atoms with Gasteiger partial charge in [-0.1, -0.05) is 12.1 Å². The highest BCUT2D eigenvalue weighted by Gasteiger charge is 2.23. The zero-order valence-corrected chi connectivity index (χ0v) is 19.1. The van der Waals surface area contributed by atoms with Crippen LogP contribution in [0.2, 0.25) is 0 Å². The Morgan fingerprint density at radius 2 is 1.94 bits per heavy atom. The van der Waals surface area contributed by atoms with E-state index in [0.29, 0.717) is 12.1 Å². The van der Waals surface area contributed by atoms with Gasteiger partial charge in [-0.25, -0.2) is 23.1 Å². The molecule has 176 valence electrons. The van der Waals surface area contributed by atoms with Gasteiger partial charge in [0.1, 0.15) is 11.5 Å². The minimum absolute atomic E-state index is 0.0413. The van der Waals surface area contributed by atoms with Crippen molar-refractivity contribution in [3.63, 3.8) is 0 Å². The van der Waals surface area contributed by atoms with Crippen molar-refractivity contribution in [2.75, 3.05) is 23.1 Å². The standard InChI is InChI=1S/C21H22F3N5O2S2/c22-16-5-3-4-14(11-29-8-1-2-9-29)15(16)10-25-17-6-7-19(27-20(17)21(23)24)33(30,31)28-18-12-32-13-26-18/h3-7,12-13,21,25,28H,1-2,8-11H2. The molecule has 3 aromatic rings. The Morgan fingerprint density at radius 3 is 2.64 bits per heavy atom. The summed E-state index contributed by atoms with van der Waals surface area (Å²) in [4.78, 5) is 9.72. The average Bonchev–Trinajstić information content (AvgIpc) is 3.47. The van der Waals surface area contributed by atoms with Crippen molar-refractivity contribution in [1.82, 2.24) is 14.9 Å². The summed E-state index contributed by atoms with van der Waals surface area (Å²) < 4.78 is 69.2. The molecule has 0 atom stereocenters. The van der Waals surface area contributed by atoms with E-state index in [-0.39, 0.29) is 18.1 Å². The lowest BCUT2D eigenvalue weighted by Crippen LogP contribution is -2.20. The molecule has 12 heteroatoms.